The standard InChI is InChI=1S/C11H17N3O4S/c15-10-1-2-12-9-11(10)19(16,17)13-3-4-14-5-7-18-8-6-14/h1-2,9,13H,3-8H2,(H,12,15). The molecule has 1 aromatic heterocycles. The molecule has 8 heteroatoms. The summed E-state index contributed by atoms with van der Waals surface area (Å²) in [6.07, 6.45) is 2.59. The second-order valence-electron chi connectivity index (χ2n) is 4.22. The van der Waals surface area contributed by atoms with E-state index in [1.165, 1.54) is 18.5 Å². The Morgan fingerprint density at radius 3 is 2.79 bits per heavy atom. The first-order valence-electron chi connectivity index (χ1n) is 6.06. The molecular formula is C11H17N3O4S. The highest BCUT2D eigenvalue weighted by Gasteiger charge is 2.18. The quantitative estimate of drug-likeness (QED) is 0.724. The van der Waals surface area contributed by atoms with Crippen molar-refractivity contribution in [1.29, 1.82) is 0 Å². The van der Waals surface area contributed by atoms with E-state index in [1.807, 2.05) is 0 Å². The minimum Gasteiger partial charge on any atom is -0.379 e. The Kier molecular flexibility index (Phi) is 4.70. The van der Waals surface area contributed by atoms with Gasteiger partial charge in [-0.1, -0.05) is 0 Å². The van der Waals surface area contributed by atoms with E-state index in [0.29, 0.717) is 19.8 Å². The lowest BCUT2D eigenvalue weighted by atomic mass is 10.4. The number of aromatic nitrogens is 1. The molecule has 2 heterocycles. The molecule has 0 bridgehead atoms. The first kappa shape index (κ1) is 14.2. The summed E-state index contributed by atoms with van der Waals surface area (Å²) in [7, 11) is -3.74. The number of nitrogens with zero attached hydrogens (tertiary/aromatic N) is 1. The Morgan fingerprint density at radius 2 is 2.11 bits per heavy atom. The van der Waals surface area contributed by atoms with Gasteiger partial charge in [-0.05, 0) is 0 Å². The summed E-state index contributed by atoms with van der Waals surface area (Å²) in [5, 5.41) is 0. The number of sulfonamides is 1. The molecule has 0 spiro atoms. The number of H-pyrrole nitrogens is 1. The first-order chi connectivity index (χ1) is 9.09. The van der Waals surface area contributed by atoms with Crippen LogP contribution in [0.2, 0.25) is 0 Å². The van der Waals surface area contributed by atoms with Crippen molar-refractivity contribution in [3.63, 3.8) is 0 Å². The fraction of sp³-hybridized carbons (Fsp3) is 0.545. The molecular weight excluding hydrogens is 270 g/mol. The molecule has 2 N–H and O–H groups in total. The summed E-state index contributed by atoms with van der Waals surface area (Å²) >= 11 is 0. The van der Waals surface area contributed by atoms with E-state index in [9.17, 15) is 13.2 Å². The molecule has 19 heavy (non-hydrogen) atoms. The number of ether oxygens (including phenoxy) is 1. The number of rotatable bonds is 5. The Labute approximate surface area is 111 Å². The second kappa shape index (κ2) is 6.29. The van der Waals surface area contributed by atoms with Gasteiger partial charge in [0.2, 0.25) is 15.5 Å². The normalized spacial score (nSPS) is 17.5. The first-order valence-corrected chi connectivity index (χ1v) is 7.55. The van der Waals surface area contributed by atoms with Crippen molar-refractivity contribution in [3.8, 4) is 0 Å². The minimum absolute atomic E-state index is 0.253. The Balaban J connectivity index is 1.91. The Bertz CT molecular complexity index is 563. The fourth-order valence-corrected chi connectivity index (χ4v) is 2.92. The van der Waals surface area contributed by atoms with Crippen LogP contribution in [0.5, 0.6) is 0 Å². The highest BCUT2D eigenvalue weighted by Crippen LogP contribution is 2.00. The van der Waals surface area contributed by atoms with Crippen LogP contribution >= 0.6 is 0 Å². The topological polar surface area (TPSA) is 91.5 Å². The minimum atomic E-state index is -3.74. The third-order valence-electron chi connectivity index (χ3n) is 2.90. The Morgan fingerprint density at radius 1 is 1.37 bits per heavy atom. The predicted octanol–water partition coefficient (Wildman–Crippen LogP) is -1.01. The highest BCUT2D eigenvalue weighted by molar-refractivity contribution is 7.89. The smallest absolute Gasteiger partial charge is 0.245 e. The van der Waals surface area contributed by atoms with Crippen LogP contribution in [0.15, 0.2) is 28.2 Å². The number of hydrogen-bond donors (Lipinski definition) is 2. The van der Waals surface area contributed by atoms with Crippen molar-refractivity contribution >= 4 is 10.0 Å². The van der Waals surface area contributed by atoms with E-state index >= 15 is 0 Å². The molecule has 0 aliphatic carbocycles. The molecule has 7 nitrogen and oxygen atoms in total. The van der Waals surface area contributed by atoms with Crippen molar-refractivity contribution in [2.75, 3.05) is 39.4 Å². The van der Waals surface area contributed by atoms with E-state index in [1.54, 1.807) is 0 Å². The van der Waals surface area contributed by atoms with Crippen LogP contribution in [0.1, 0.15) is 0 Å². The number of morpholine rings is 1. The van der Waals surface area contributed by atoms with Gasteiger partial charge in [-0.3, -0.25) is 9.69 Å². The van der Waals surface area contributed by atoms with Gasteiger partial charge in [0.1, 0.15) is 4.90 Å². The summed E-state index contributed by atoms with van der Waals surface area (Å²) in [5.74, 6) is 0. The third-order valence-corrected chi connectivity index (χ3v) is 4.38. The zero-order valence-corrected chi connectivity index (χ0v) is 11.3. The van der Waals surface area contributed by atoms with Crippen molar-refractivity contribution in [2.24, 2.45) is 0 Å². The number of nitrogens with one attached hydrogen (secondary N) is 2. The van der Waals surface area contributed by atoms with Gasteiger partial charge in [-0.2, -0.15) is 0 Å². The number of hydrogen-bond acceptors (Lipinski definition) is 5. The average molecular weight is 287 g/mol. The molecule has 0 saturated carbocycles. The lowest BCUT2D eigenvalue weighted by Crippen LogP contribution is -2.41. The number of pyridine rings is 1. The molecule has 1 aliphatic heterocycles. The van der Waals surface area contributed by atoms with E-state index in [4.69, 9.17) is 4.74 Å². The lowest BCUT2D eigenvalue weighted by molar-refractivity contribution is 0.0390. The predicted molar refractivity (Wildman–Crippen MR) is 69.5 cm³/mol. The van der Waals surface area contributed by atoms with Gasteiger partial charge in [0.05, 0.1) is 13.2 Å². The van der Waals surface area contributed by atoms with Gasteiger partial charge < -0.3 is 9.72 Å². The SMILES string of the molecule is O=c1cc[nH]cc1S(=O)(=O)NCCN1CCOCC1. The van der Waals surface area contributed by atoms with E-state index < -0.39 is 15.5 Å². The summed E-state index contributed by atoms with van der Waals surface area (Å²) < 4.78 is 31.5. The second-order valence-corrected chi connectivity index (χ2v) is 5.96. The zero-order valence-electron chi connectivity index (χ0n) is 10.5. The zero-order chi connectivity index (χ0) is 13.7. The van der Waals surface area contributed by atoms with E-state index in [0.717, 1.165) is 13.1 Å². The Hall–Kier alpha value is -1.22. The molecule has 0 radical (unpaired) electrons. The molecule has 2 rings (SSSR count). The van der Waals surface area contributed by atoms with Crippen molar-refractivity contribution in [3.05, 3.63) is 28.7 Å². The van der Waals surface area contributed by atoms with Gasteiger partial charge in [-0.25, -0.2) is 13.1 Å². The van der Waals surface area contributed by atoms with Gasteiger partial charge >= 0.3 is 0 Å². The monoisotopic (exact) mass is 287 g/mol. The van der Waals surface area contributed by atoms with Crippen molar-refractivity contribution in [1.82, 2.24) is 14.6 Å². The molecule has 106 valence electrons. The maximum atomic E-state index is 11.9. The fourth-order valence-electron chi connectivity index (χ4n) is 1.85. The van der Waals surface area contributed by atoms with Gasteiger partial charge in [-0.15, -0.1) is 0 Å². The molecule has 1 saturated heterocycles. The summed E-state index contributed by atoms with van der Waals surface area (Å²) in [6, 6.07) is 1.19. The highest BCUT2D eigenvalue weighted by atomic mass is 32.2. The molecule has 1 fully saturated rings. The lowest BCUT2D eigenvalue weighted by Gasteiger charge is -2.26. The van der Waals surface area contributed by atoms with E-state index in [-0.39, 0.29) is 11.4 Å². The van der Waals surface area contributed by atoms with Gasteiger partial charge in [0.25, 0.3) is 0 Å². The maximum Gasteiger partial charge on any atom is 0.245 e. The maximum absolute atomic E-state index is 11.9. The summed E-state index contributed by atoms with van der Waals surface area (Å²) in [5.41, 5.74) is -0.516. The van der Waals surface area contributed by atoms with Crippen LogP contribution in [0, 0.1) is 0 Å². The summed E-state index contributed by atoms with van der Waals surface area (Å²) in [6.45, 7) is 3.82. The largest absolute Gasteiger partial charge is 0.379 e. The van der Waals surface area contributed by atoms with Crippen LogP contribution in [0.4, 0.5) is 0 Å². The van der Waals surface area contributed by atoms with Gasteiger partial charge in [0, 0.05) is 44.6 Å². The van der Waals surface area contributed by atoms with Crippen molar-refractivity contribution in [2.45, 2.75) is 4.90 Å². The van der Waals surface area contributed by atoms with E-state index in [2.05, 4.69) is 14.6 Å². The van der Waals surface area contributed by atoms with Crippen LogP contribution in [-0.4, -0.2) is 57.7 Å². The number of aromatic amines is 1. The van der Waals surface area contributed by atoms with Crippen LogP contribution in [0.3, 0.4) is 0 Å². The third kappa shape index (κ3) is 3.87. The van der Waals surface area contributed by atoms with Crippen LogP contribution in [-0.2, 0) is 14.8 Å². The summed E-state index contributed by atoms with van der Waals surface area (Å²) in [4.78, 5) is 15.9. The molecule has 0 unspecified atom stereocenters. The molecule has 0 aromatic carbocycles. The van der Waals surface area contributed by atoms with Crippen LogP contribution < -0.4 is 10.2 Å². The molecule has 0 atom stereocenters. The molecule has 1 aromatic rings. The van der Waals surface area contributed by atoms with Crippen molar-refractivity contribution < 1.29 is 13.2 Å². The molecule has 0 amide bonds. The van der Waals surface area contributed by atoms with Crippen LogP contribution in [0.25, 0.3) is 0 Å². The molecule has 1 aliphatic rings. The van der Waals surface area contributed by atoms with Gasteiger partial charge in [0.15, 0.2) is 0 Å². The average Bonchev–Trinajstić information content (AvgIpc) is 2.40.